The van der Waals surface area contributed by atoms with Crippen LogP contribution >= 0.6 is 12.2 Å². The van der Waals surface area contributed by atoms with Crippen molar-refractivity contribution in [3.63, 3.8) is 0 Å². The van der Waals surface area contributed by atoms with Gasteiger partial charge in [0.2, 0.25) is 0 Å². The zero-order valence-electron chi connectivity index (χ0n) is 11.3. The first-order chi connectivity index (χ1) is 9.19. The van der Waals surface area contributed by atoms with Gasteiger partial charge in [0.15, 0.2) is 0 Å². The molecule has 1 aliphatic heterocycles. The van der Waals surface area contributed by atoms with Crippen molar-refractivity contribution in [1.82, 2.24) is 4.57 Å². The lowest BCUT2D eigenvalue weighted by molar-refractivity contribution is -0.0679. The number of rotatable bonds is 3. The summed E-state index contributed by atoms with van der Waals surface area (Å²) in [5.41, 5.74) is 6.88. The molecule has 2 N–H and O–H groups in total. The van der Waals surface area contributed by atoms with E-state index in [1.54, 1.807) is 0 Å². The van der Waals surface area contributed by atoms with Crippen molar-refractivity contribution in [1.29, 1.82) is 0 Å². The Bertz CT molecular complexity index is 462. The lowest BCUT2D eigenvalue weighted by Crippen LogP contribution is -2.32. The Hall–Kier alpha value is -0.870. The number of aromatic nitrogens is 1. The molecule has 1 aromatic heterocycles. The van der Waals surface area contributed by atoms with Crippen LogP contribution < -0.4 is 5.73 Å². The highest BCUT2D eigenvalue weighted by Crippen LogP contribution is 2.42. The maximum atomic E-state index is 6.39. The van der Waals surface area contributed by atoms with Crippen molar-refractivity contribution in [2.24, 2.45) is 5.73 Å². The maximum Gasteiger partial charge on any atom is 0.120 e. The van der Waals surface area contributed by atoms with Gasteiger partial charge in [-0.05, 0) is 37.8 Å². The molecule has 1 unspecified atom stereocenters. The second-order valence-electron chi connectivity index (χ2n) is 5.93. The molecule has 3 nitrogen and oxygen atoms in total. The molecule has 3 rings (SSSR count). The van der Waals surface area contributed by atoms with Gasteiger partial charge in [-0.1, -0.05) is 31.5 Å². The van der Waals surface area contributed by atoms with Crippen LogP contribution in [-0.4, -0.2) is 21.3 Å². The predicted octanol–water partition coefficient (Wildman–Crippen LogP) is 3.00. The zero-order chi connectivity index (χ0) is 13.3. The molecule has 0 amide bonds. The Morgan fingerprint density at radius 2 is 2.16 bits per heavy atom. The Morgan fingerprint density at radius 3 is 2.89 bits per heavy atom. The molecule has 2 heterocycles. The third kappa shape index (κ3) is 2.70. The van der Waals surface area contributed by atoms with Crippen LogP contribution in [0.15, 0.2) is 18.3 Å². The summed E-state index contributed by atoms with van der Waals surface area (Å²) in [6, 6.07) is 3.98. The van der Waals surface area contributed by atoms with E-state index < -0.39 is 0 Å². The van der Waals surface area contributed by atoms with E-state index in [0.29, 0.717) is 11.1 Å². The Morgan fingerprint density at radius 1 is 1.37 bits per heavy atom. The molecule has 0 radical (unpaired) electrons. The van der Waals surface area contributed by atoms with Crippen molar-refractivity contribution >= 4 is 17.2 Å². The third-order valence-corrected chi connectivity index (χ3v) is 4.79. The smallest absolute Gasteiger partial charge is 0.120 e. The third-order valence-electron chi connectivity index (χ3n) is 4.59. The maximum absolute atomic E-state index is 6.39. The molecule has 104 valence electrons. The number of ether oxygens (including phenoxy) is 1. The number of hydrogen-bond donors (Lipinski definition) is 1. The van der Waals surface area contributed by atoms with E-state index in [2.05, 4.69) is 4.57 Å². The van der Waals surface area contributed by atoms with Crippen molar-refractivity contribution < 1.29 is 4.74 Å². The van der Waals surface area contributed by atoms with Gasteiger partial charge in [-0.3, -0.25) is 0 Å². The fourth-order valence-corrected chi connectivity index (χ4v) is 3.79. The number of nitrogens with two attached hydrogens (primary N) is 1. The zero-order valence-corrected chi connectivity index (χ0v) is 12.1. The van der Waals surface area contributed by atoms with Crippen LogP contribution in [0.1, 0.15) is 50.6 Å². The summed E-state index contributed by atoms with van der Waals surface area (Å²) in [5, 5.41) is 0. The topological polar surface area (TPSA) is 40.2 Å². The van der Waals surface area contributed by atoms with Crippen LogP contribution in [0.4, 0.5) is 0 Å². The number of hydrogen-bond acceptors (Lipinski definition) is 2. The minimum atomic E-state index is 0.194. The molecule has 1 saturated carbocycles. The average Bonchev–Trinajstić information content (AvgIpc) is 2.99. The van der Waals surface area contributed by atoms with E-state index >= 15 is 0 Å². The largest absolute Gasteiger partial charge is 0.388 e. The standard InChI is InChI=1S/C15H22N2OS/c16-14(19)13-5-4-10-17(13)11-12-6-9-15(18-12)7-2-1-3-8-15/h4-5,10,12H,1-3,6-9,11H2,(H2,16,19). The van der Waals surface area contributed by atoms with Crippen molar-refractivity contribution in [2.75, 3.05) is 0 Å². The molecule has 19 heavy (non-hydrogen) atoms. The molecule has 1 aliphatic carbocycles. The van der Waals surface area contributed by atoms with Gasteiger partial charge in [0.05, 0.1) is 17.4 Å². The van der Waals surface area contributed by atoms with Gasteiger partial charge in [-0.15, -0.1) is 0 Å². The molecule has 4 heteroatoms. The molecule has 1 spiro atoms. The minimum absolute atomic E-state index is 0.194. The lowest BCUT2D eigenvalue weighted by atomic mass is 9.83. The van der Waals surface area contributed by atoms with E-state index in [4.69, 9.17) is 22.7 Å². The monoisotopic (exact) mass is 278 g/mol. The van der Waals surface area contributed by atoms with E-state index in [1.807, 2.05) is 18.3 Å². The SMILES string of the molecule is NC(=S)c1cccn1CC1CCC2(CCCCC2)O1. The summed E-state index contributed by atoms with van der Waals surface area (Å²) in [6.07, 6.45) is 11.3. The van der Waals surface area contributed by atoms with E-state index in [1.165, 1.54) is 38.5 Å². The number of thiocarbonyl (C=S) groups is 1. The highest BCUT2D eigenvalue weighted by Gasteiger charge is 2.40. The molecular weight excluding hydrogens is 256 g/mol. The Labute approximate surface area is 120 Å². The van der Waals surface area contributed by atoms with Crippen LogP contribution in [0.2, 0.25) is 0 Å². The summed E-state index contributed by atoms with van der Waals surface area (Å²) >= 11 is 5.08. The van der Waals surface area contributed by atoms with Gasteiger partial charge in [0.1, 0.15) is 4.99 Å². The van der Waals surface area contributed by atoms with E-state index in [-0.39, 0.29) is 5.60 Å². The minimum Gasteiger partial charge on any atom is -0.388 e. The predicted molar refractivity (Wildman–Crippen MR) is 80.2 cm³/mol. The van der Waals surface area contributed by atoms with E-state index in [0.717, 1.165) is 18.7 Å². The average molecular weight is 278 g/mol. The first kappa shape index (κ1) is 13.1. The van der Waals surface area contributed by atoms with Crippen LogP contribution in [0, 0.1) is 0 Å². The van der Waals surface area contributed by atoms with Gasteiger partial charge in [0.25, 0.3) is 0 Å². The molecule has 1 saturated heterocycles. The van der Waals surface area contributed by atoms with Crippen LogP contribution in [0.5, 0.6) is 0 Å². The number of nitrogens with zero attached hydrogens (tertiary/aromatic N) is 1. The highest BCUT2D eigenvalue weighted by molar-refractivity contribution is 7.80. The molecule has 1 aromatic rings. The Balaban J connectivity index is 1.65. The first-order valence-corrected chi connectivity index (χ1v) is 7.72. The van der Waals surface area contributed by atoms with Crippen molar-refractivity contribution in [3.8, 4) is 0 Å². The summed E-state index contributed by atoms with van der Waals surface area (Å²) in [6.45, 7) is 0.876. The summed E-state index contributed by atoms with van der Waals surface area (Å²) in [7, 11) is 0. The molecular formula is C15H22N2OS. The second-order valence-corrected chi connectivity index (χ2v) is 6.37. The fourth-order valence-electron chi connectivity index (χ4n) is 3.60. The van der Waals surface area contributed by atoms with Crippen molar-refractivity contribution in [3.05, 3.63) is 24.0 Å². The summed E-state index contributed by atoms with van der Waals surface area (Å²) in [5.74, 6) is 0. The van der Waals surface area contributed by atoms with Crippen molar-refractivity contribution in [2.45, 2.75) is 63.2 Å². The quantitative estimate of drug-likeness (QED) is 0.864. The molecule has 0 bridgehead atoms. The summed E-state index contributed by atoms with van der Waals surface area (Å²) in [4.78, 5) is 0.468. The van der Waals surface area contributed by atoms with Gasteiger partial charge in [-0.2, -0.15) is 0 Å². The molecule has 2 fully saturated rings. The normalized spacial score (nSPS) is 25.8. The van der Waals surface area contributed by atoms with Gasteiger partial charge < -0.3 is 15.0 Å². The van der Waals surface area contributed by atoms with Gasteiger partial charge in [0, 0.05) is 12.7 Å². The lowest BCUT2D eigenvalue weighted by Gasteiger charge is -2.33. The van der Waals surface area contributed by atoms with Gasteiger partial charge >= 0.3 is 0 Å². The second kappa shape index (κ2) is 5.25. The highest BCUT2D eigenvalue weighted by atomic mass is 32.1. The molecule has 0 aromatic carbocycles. The first-order valence-electron chi connectivity index (χ1n) is 7.31. The fraction of sp³-hybridized carbons (Fsp3) is 0.667. The van der Waals surface area contributed by atoms with Crippen LogP contribution in [0.25, 0.3) is 0 Å². The Kier molecular flexibility index (Phi) is 3.63. The van der Waals surface area contributed by atoms with Gasteiger partial charge in [-0.25, -0.2) is 0 Å². The van der Waals surface area contributed by atoms with Crippen LogP contribution in [0.3, 0.4) is 0 Å². The molecule has 1 atom stereocenters. The molecule has 2 aliphatic rings. The summed E-state index contributed by atoms with van der Waals surface area (Å²) < 4.78 is 8.53. The van der Waals surface area contributed by atoms with Crippen LogP contribution in [-0.2, 0) is 11.3 Å². The van der Waals surface area contributed by atoms with E-state index in [9.17, 15) is 0 Å².